The first kappa shape index (κ1) is 14.1. The molecule has 98 valence electrons. The van der Waals surface area contributed by atoms with Crippen LogP contribution < -0.4 is 11.1 Å². The lowest BCUT2D eigenvalue weighted by Crippen LogP contribution is -2.28. The molecular formula is C11H15N3O4. The Morgan fingerprint density at radius 1 is 1.56 bits per heavy atom. The molecule has 7 heteroatoms. The molecule has 0 bridgehead atoms. The second kappa shape index (κ2) is 6.67. The summed E-state index contributed by atoms with van der Waals surface area (Å²) >= 11 is 0. The van der Waals surface area contributed by atoms with Crippen LogP contribution in [0.2, 0.25) is 0 Å². The monoisotopic (exact) mass is 253 g/mol. The highest BCUT2D eigenvalue weighted by molar-refractivity contribution is 5.91. The normalized spacial score (nSPS) is 11.9. The Kier molecular flexibility index (Phi) is 5.22. The Labute approximate surface area is 104 Å². The molecule has 4 N–H and O–H groups in total. The number of anilines is 1. The fraction of sp³-hybridized carbons (Fsp3) is 0.364. The molecule has 0 saturated heterocycles. The van der Waals surface area contributed by atoms with E-state index in [0.29, 0.717) is 5.69 Å². The van der Waals surface area contributed by atoms with Crippen LogP contribution >= 0.6 is 0 Å². The Bertz CT molecular complexity index is 415. The SMILES string of the molecule is COC(CN)CC(=O)Nc1ccc(C(=O)O)nc1. The highest BCUT2D eigenvalue weighted by atomic mass is 16.5. The number of nitrogens with one attached hydrogen (secondary N) is 1. The van der Waals surface area contributed by atoms with Crippen LogP contribution in [0.4, 0.5) is 5.69 Å². The van der Waals surface area contributed by atoms with Crippen LogP contribution in [-0.4, -0.2) is 41.7 Å². The summed E-state index contributed by atoms with van der Waals surface area (Å²) in [6.45, 7) is 0.250. The van der Waals surface area contributed by atoms with Crippen molar-refractivity contribution >= 4 is 17.6 Å². The number of hydrogen-bond acceptors (Lipinski definition) is 5. The highest BCUT2D eigenvalue weighted by Gasteiger charge is 2.12. The number of amides is 1. The van der Waals surface area contributed by atoms with Crippen LogP contribution in [0.25, 0.3) is 0 Å². The van der Waals surface area contributed by atoms with Crippen molar-refractivity contribution < 1.29 is 19.4 Å². The summed E-state index contributed by atoms with van der Waals surface area (Å²) in [6, 6.07) is 2.79. The predicted molar refractivity (Wildman–Crippen MR) is 64.3 cm³/mol. The number of aromatic nitrogens is 1. The first-order chi connectivity index (χ1) is 8.56. The van der Waals surface area contributed by atoms with Crippen molar-refractivity contribution in [1.82, 2.24) is 4.98 Å². The molecule has 1 heterocycles. The number of carboxylic acid groups (broad SMARTS) is 1. The minimum absolute atomic E-state index is 0.0790. The molecule has 1 atom stereocenters. The molecule has 1 amide bonds. The van der Waals surface area contributed by atoms with E-state index in [1.807, 2.05) is 0 Å². The lowest BCUT2D eigenvalue weighted by Gasteiger charge is -2.12. The molecular weight excluding hydrogens is 238 g/mol. The van der Waals surface area contributed by atoms with E-state index in [1.165, 1.54) is 25.4 Å². The molecule has 0 aliphatic rings. The number of methoxy groups -OCH3 is 1. The number of aromatic carboxylic acids is 1. The Morgan fingerprint density at radius 3 is 2.72 bits per heavy atom. The van der Waals surface area contributed by atoms with Gasteiger partial charge in [-0.3, -0.25) is 4.79 Å². The maximum atomic E-state index is 11.6. The van der Waals surface area contributed by atoms with Crippen molar-refractivity contribution in [1.29, 1.82) is 0 Å². The van der Waals surface area contributed by atoms with E-state index in [-0.39, 0.29) is 30.7 Å². The summed E-state index contributed by atoms with van der Waals surface area (Å²) in [7, 11) is 1.48. The zero-order valence-corrected chi connectivity index (χ0v) is 9.92. The number of hydrogen-bond donors (Lipinski definition) is 3. The van der Waals surface area contributed by atoms with Gasteiger partial charge in [-0.2, -0.15) is 0 Å². The average molecular weight is 253 g/mol. The summed E-state index contributed by atoms with van der Waals surface area (Å²) in [5.74, 6) is -1.38. The second-order valence-electron chi connectivity index (χ2n) is 3.58. The quantitative estimate of drug-likeness (QED) is 0.661. The molecule has 0 aromatic carbocycles. The predicted octanol–water partition coefficient (Wildman–Crippen LogP) is 0.0821. The van der Waals surface area contributed by atoms with Gasteiger partial charge in [0.2, 0.25) is 5.91 Å². The van der Waals surface area contributed by atoms with Gasteiger partial charge in [-0.15, -0.1) is 0 Å². The standard InChI is InChI=1S/C11H15N3O4/c1-18-8(5-12)4-10(15)14-7-2-3-9(11(16)17)13-6-7/h2-3,6,8H,4-5,12H2,1H3,(H,14,15)(H,16,17). The second-order valence-corrected chi connectivity index (χ2v) is 3.58. The van der Waals surface area contributed by atoms with E-state index in [9.17, 15) is 9.59 Å². The van der Waals surface area contributed by atoms with Crippen molar-refractivity contribution in [2.24, 2.45) is 5.73 Å². The third-order valence-corrected chi connectivity index (χ3v) is 2.28. The summed E-state index contributed by atoms with van der Waals surface area (Å²) in [6.07, 6.45) is 1.08. The van der Waals surface area contributed by atoms with E-state index >= 15 is 0 Å². The molecule has 18 heavy (non-hydrogen) atoms. The fourth-order valence-corrected chi connectivity index (χ4v) is 1.28. The van der Waals surface area contributed by atoms with Gasteiger partial charge in [0.15, 0.2) is 0 Å². The molecule has 1 aromatic rings. The third kappa shape index (κ3) is 4.11. The topological polar surface area (TPSA) is 115 Å². The number of ether oxygens (including phenoxy) is 1. The molecule has 0 spiro atoms. The van der Waals surface area contributed by atoms with Gasteiger partial charge < -0.3 is 20.9 Å². The van der Waals surface area contributed by atoms with Gasteiger partial charge in [0, 0.05) is 13.7 Å². The molecule has 0 fully saturated rings. The summed E-state index contributed by atoms with van der Waals surface area (Å²) in [4.78, 5) is 25.8. The van der Waals surface area contributed by atoms with Crippen LogP contribution in [0, 0.1) is 0 Å². The fourth-order valence-electron chi connectivity index (χ4n) is 1.28. The number of nitrogens with two attached hydrogens (primary N) is 1. The van der Waals surface area contributed by atoms with Crippen LogP contribution in [0.5, 0.6) is 0 Å². The van der Waals surface area contributed by atoms with E-state index in [4.69, 9.17) is 15.6 Å². The zero-order chi connectivity index (χ0) is 13.5. The zero-order valence-electron chi connectivity index (χ0n) is 9.92. The van der Waals surface area contributed by atoms with Crippen molar-refractivity contribution in [3.63, 3.8) is 0 Å². The molecule has 1 unspecified atom stereocenters. The van der Waals surface area contributed by atoms with Crippen molar-refractivity contribution in [2.45, 2.75) is 12.5 Å². The van der Waals surface area contributed by atoms with Crippen LogP contribution in [0.1, 0.15) is 16.9 Å². The van der Waals surface area contributed by atoms with Crippen molar-refractivity contribution in [2.75, 3.05) is 19.0 Å². The Hall–Kier alpha value is -1.99. The average Bonchev–Trinajstić information content (AvgIpc) is 2.36. The Morgan fingerprint density at radius 2 is 2.28 bits per heavy atom. The smallest absolute Gasteiger partial charge is 0.354 e. The number of carboxylic acids is 1. The molecule has 0 saturated carbocycles. The number of rotatable bonds is 6. The van der Waals surface area contributed by atoms with Crippen LogP contribution in [0.3, 0.4) is 0 Å². The number of nitrogens with zero attached hydrogens (tertiary/aromatic N) is 1. The molecule has 0 radical (unpaired) electrons. The lowest BCUT2D eigenvalue weighted by molar-refractivity contribution is -0.118. The highest BCUT2D eigenvalue weighted by Crippen LogP contribution is 2.07. The summed E-state index contributed by atoms with van der Waals surface area (Å²) < 4.78 is 4.98. The minimum atomic E-state index is -1.12. The van der Waals surface area contributed by atoms with Gasteiger partial charge in [-0.05, 0) is 12.1 Å². The molecule has 1 rings (SSSR count). The third-order valence-electron chi connectivity index (χ3n) is 2.28. The number of carbonyl (C=O) groups excluding carboxylic acids is 1. The van der Waals surface area contributed by atoms with Crippen LogP contribution in [-0.2, 0) is 9.53 Å². The van der Waals surface area contributed by atoms with Gasteiger partial charge in [0.1, 0.15) is 5.69 Å². The molecule has 1 aromatic heterocycles. The molecule has 0 aliphatic carbocycles. The van der Waals surface area contributed by atoms with Gasteiger partial charge >= 0.3 is 5.97 Å². The van der Waals surface area contributed by atoms with Crippen molar-refractivity contribution in [3.05, 3.63) is 24.0 Å². The van der Waals surface area contributed by atoms with Crippen molar-refractivity contribution in [3.8, 4) is 0 Å². The summed E-state index contributed by atoms with van der Waals surface area (Å²) in [5, 5.41) is 11.2. The van der Waals surface area contributed by atoms with Gasteiger partial charge in [0.05, 0.1) is 24.4 Å². The summed E-state index contributed by atoms with van der Waals surface area (Å²) in [5.41, 5.74) is 5.74. The molecule has 0 aliphatic heterocycles. The maximum Gasteiger partial charge on any atom is 0.354 e. The van der Waals surface area contributed by atoms with E-state index in [2.05, 4.69) is 10.3 Å². The maximum absolute atomic E-state index is 11.6. The van der Waals surface area contributed by atoms with E-state index < -0.39 is 5.97 Å². The number of pyridine rings is 1. The molecule has 7 nitrogen and oxygen atoms in total. The van der Waals surface area contributed by atoms with E-state index in [0.717, 1.165) is 0 Å². The van der Waals surface area contributed by atoms with Crippen LogP contribution in [0.15, 0.2) is 18.3 Å². The first-order valence-corrected chi connectivity index (χ1v) is 5.29. The van der Waals surface area contributed by atoms with Gasteiger partial charge in [-0.25, -0.2) is 9.78 Å². The van der Waals surface area contributed by atoms with Gasteiger partial charge in [0.25, 0.3) is 0 Å². The minimum Gasteiger partial charge on any atom is -0.477 e. The lowest BCUT2D eigenvalue weighted by atomic mass is 10.2. The largest absolute Gasteiger partial charge is 0.477 e. The first-order valence-electron chi connectivity index (χ1n) is 5.29. The van der Waals surface area contributed by atoms with E-state index in [1.54, 1.807) is 0 Å². The number of carbonyl (C=O) groups is 2. The van der Waals surface area contributed by atoms with Gasteiger partial charge in [-0.1, -0.05) is 0 Å². The Balaban J connectivity index is 2.56.